The van der Waals surface area contributed by atoms with E-state index < -0.39 is 0 Å². The van der Waals surface area contributed by atoms with Crippen LogP contribution >= 0.6 is 23.2 Å². The fraction of sp³-hybridized carbons (Fsp3) is 0.562. The number of nitrogens with zero attached hydrogens (tertiary/aromatic N) is 1. The molecule has 22 heavy (non-hydrogen) atoms. The van der Waals surface area contributed by atoms with Crippen molar-refractivity contribution < 1.29 is 4.79 Å². The number of halogens is 2. The number of hydrogen-bond acceptors (Lipinski definition) is 2. The van der Waals surface area contributed by atoms with Gasteiger partial charge >= 0.3 is 6.03 Å². The van der Waals surface area contributed by atoms with E-state index >= 15 is 0 Å². The molecule has 0 bridgehead atoms. The highest BCUT2D eigenvalue weighted by Crippen LogP contribution is 2.29. The van der Waals surface area contributed by atoms with Gasteiger partial charge in [-0.3, -0.25) is 0 Å². The minimum absolute atomic E-state index is 0.254. The number of urea groups is 1. The zero-order valence-corrected chi connectivity index (χ0v) is 14.4. The second kappa shape index (κ2) is 8.61. The van der Waals surface area contributed by atoms with Gasteiger partial charge in [-0.05, 0) is 44.9 Å². The summed E-state index contributed by atoms with van der Waals surface area (Å²) in [6.07, 6.45) is 4.84. The largest absolute Gasteiger partial charge is 0.338 e. The van der Waals surface area contributed by atoms with Crippen molar-refractivity contribution in [3.63, 3.8) is 0 Å². The summed E-state index contributed by atoms with van der Waals surface area (Å²) in [6, 6.07) is 5.57. The molecule has 1 aromatic rings. The SMILES string of the molecule is CC1CCCCN1CCCNC(=O)Nc1cccc(Cl)c1Cl. The van der Waals surface area contributed by atoms with Gasteiger partial charge in [0.2, 0.25) is 0 Å². The Morgan fingerprint density at radius 3 is 2.95 bits per heavy atom. The van der Waals surface area contributed by atoms with Crippen LogP contribution in [0.2, 0.25) is 10.0 Å². The first-order chi connectivity index (χ1) is 10.6. The van der Waals surface area contributed by atoms with Crippen LogP contribution < -0.4 is 10.6 Å². The number of nitrogens with one attached hydrogen (secondary N) is 2. The van der Waals surface area contributed by atoms with Crippen LogP contribution in [-0.2, 0) is 0 Å². The number of benzene rings is 1. The number of carbonyl (C=O) groups excluding carboxylic acids is 1. The lowest BCUT2D eigenvalue weighted by Crippen LogP contribution is -2.39. The van der Waals surface area contributed by atoms with E-state index in [1.54, 1.807) is 18.2 Å². The summed E-state index contributed by atoms with van der Waals surface area (Å²) >= 11 is 11.9. The van der Waals surface area contributed by atoms with Crippen molar-refractivity contribution >= 4 is 34.9 Å². The average molecular weight is 344 g/mol. The third-order valence-electron chi connectivity index (χ3n) is 4.05. The van der Waals surface area contributed by atoms with Gasteiger partial charge in [0.15, 0.2) is 0 Å². The first-order valence-corrected chi connectivity index (χ1v) is 8.56. The smallest absolute Gasteiger partial charge is 0.319 e. The molecule has 1 atom stereocenters. The van der Waals surface area contributed by atoms with Gasteiger partial charge in [0, 0.05) is 19.1 Å². The van der Waals surface area contributed by atoms with E-state index in [0.717, 1.165) is 13.0 Å². The zero-order valence-electron chi connectivity index (χ0n) is 12.9. The summed E-state index contributed by atoms with van der Waals surface area (Å²) in [5, 5.41) is 6.36. The molecule has 6 heteroatoms. The number of amides is 2. The van der Waals surface area contributed by atoms with E-state index in [4.69, 9.17) is 23.2 Å². The Labute approximate surface area is 142 Å². The molecule has 2 rings (SSSR count). The fourth-order valence-electron chi connectivity index (χ4n) is 2.74. The molecule has 0 radical (unpaired) electrons. The summed E-state index contributed by atoms with van der Waals surface area (Å²) in [7, 11) is 0. The molecule has 4 nitrogen and oxygen atoms in total. The third-order valence-corrected chi connectivity index (χ3v) is 4.87. The Morgan fingerprint density at radius 1 is 1.36 bits per heavy atom. The highest BCUT2D eigenvalue weighted by atomic mass is 35.5. The summed E-state index contributed by atoms with van der Waals surface area (Å²) in [6.45, 7) is 5.12. The van der Waals surface area contributed by atoms with Crippen LogP contribution in [0.25, 0.3) is 0 Å². The Bertz CT molecular complexity index is 510. The molecule has 1 heterocycles. The Morgan fingerprint density at radius 2 is 2.18 bits per heavy atom. The maximum Gasteiger partial charge on any atom is 0.319 e. The van der Waals surface area contributed by atoms with Crippen molar-refractivity contribution in [3.05, 3.63) is 28.2 Å². The Hall–Kier alpha value is -0.970. The summed E-state index contributed by atoms with van der Waals surface area (Å²) in [4.78, 5) is 14.4. The first-order valence-electron chi connectivity index (χ1n) is 7.81. The van der Waals surface area contributed by atoms with Crippen molar-refractivity contribution in [3.8, 4) is 0 Å². The Kier molecular flexibility index (Phi) is 6.80. The lowest BCUT2D eigenvalue weighted by Gasteiger charge is -2.33. The predicted molar refractivity (Wildman–Crippen MR) is 93.0 cm³/mol. The van der Waals surface area contributed by atoms with E-state index in [2.05, 4.69) is 22.5 Å². The Balaban J connectivity index is 1.68. The average Bonchev–Trinajstić information content (AvgIpc) is 2.50. The molecular weight excluding hydrogens is 321 g/mol. The first kappa shape index (κ1) is 17.4. The lowest BCUT2D eigenvalue weighted by molar-refractivity contribution is 0.159. The fourth-order valence-corrected chi connectivity index (χ4v) is 3.09. The van der Waals surface area contributed by atoms with Crippen LogP contribution in [0.15, 0.2) is 18.2 Å². The molecule has 1 aromatic carbocycles. The summed E-state index contributed by atoms with van der Waals surface area (Å²) in [5.74, 6) is 0. The van der Waals surface area contributed by atoms with Gasteiger partial charge in [-0.15, -0.1) is 0 Å². The number of hydrogen-bond donors (Lipinski definition) is 2. The highest BCUT2D eigenvalue weighted by Gasteiger charge is 2.17. The number of anilines is 1. The van der Waals surface area contributed by atoms with Gasteiger partial charge < -0.3 is 15.5 Å². The van der Waals surface area contributed by atoms with E-state index in [1.807, 2.05) is 0 Å². The molecule has 1 aliphatic rings. The van der Waals surface area contributed by atoms with Gasteiger partial charge in [0.05, 0.1) is 15.7 Å². The summed E-state index contributed by atoms with van der Waals surface area (Å²) in [5.41, 5.74) is 0.524. The predicted octanol–water partition coefficient (Wildman–Crippen LogP) is 4.38. The van der Waals surface area contributed by atoms with Crippen LogP contribution in [0, 0.1) is 0 Å². The van der Waals surface area contributed by atoms with Crippen LogP contribution in [0.3, 0.4) is 0 Å². The van der Waals surface area contributed by atoms with Crippen molar-refractivity contribution in [1.82, 2.24) is 10.2 Å². The molecule has 2 amide bonds. The van der Waals surface area contributed by atoms with E-state index in [9.17, 15) is 4.79 Å². The minimum Gasteiger partial charge on any atom is -0.338 e. The number of likely N-dealkylation sites (tertiary alicyclic amines) is 1. The van der Waals surface area contributed by atoms with E-state index in [1.165, 1.54) is 25.8 Å². The molecule has 0 aromatic heterocycles. The van der Waals surface area contributed by atoms with E-state index in [0.29, 0.717) is 28.3 Å². The van der Waals surface area contributed by atoms with Gasteiger partial charge in [-0.25, -0.2) is 4.79 Å². The second-order valence-corrected chi connectivity index (χ2v) is 6.50. The maximum absolute atomic E-state index is 11.9. The van der Waals surface area contributed by atoms with Gasteiger partial charge in [-0.2, -0.15) is 0 Å². The quantitative estimate of drug-likeness (QED) is 0.779. The van der Waals surface area contributed by atoms with Crippen LogP contribution in [-0.4, -0.2) is 36.6 Å². The van der Waals surface area contributed by atoms with Gasteiger partial charge in [-0.1, -0.05) is 35.7 Å². The number of rotatable bonds is 5. The molecule has 1 saturated heterocycles. The maximum atomic E-state index is 11.9. The topological polar surface area (TPSA) is 44.4 Å². The van der Waals surface area contributed by atoms with Gasteiger partial charge in [0.25, 0.3) is 0 Å². The third kappa shape index (κ3) is 5.04. The van der Waals surface area contributed by atoms with Crippen LogP contribution in [0.4, 0.5) is 10.5 Å². The monoisotopic (exact) mass is 343 g/mol. The van der Waals surface area contributed by atoms with Crippen molar-refractivity contribution in [1.29, 1.82) is 0 Å². The zero-order chi connectivity index (χ0) is 15.9. The second-order valence-electron chi connectivity index (χ2n) is 5.72. The number of piperidine rings is 1. The molecular formula is C16H23Cl2N3O. The molecule has 1 fully saturated rings. The van der Waals surface area contributed by atoms with Gasteiger partial charge in [0.1, 0.15) is 0 Å². The molecule has 1 aliphatic heterocycles. The molecule has 0 spiro atoms. The summed E-state index contributed by atoms with van der Waals surface area (Å²) < 4.78 is 0. The normalized spacial score (nSPS) is 19.0. The number of carbonyl (C=O) groups is 1. The van der Waals surface area contributed by atoms with E-state index in [-0.39, 0.29) is 6.03 Å². The molecule has 1 unspecified atom stereocenters. The molecule has 0 saturated carbocycles. The minimum atomic E-state index is -0.254. The lowest BCUT2D eigenvalue weighted by atomic mass is 10.0. The molecule has 122 valence electrons. The van der Waals surface area contributed by atoms with Crippen LogP contribution in [0.5, 0.6) is 0 Å². The molecule has 2 N–H and O–H groups in total. The standard InChI is InChI=1S/C16H23Cl2N3O/c1-12-6-2-3-10-21(12)11-5-9-19-16(22)20-14-8-4-7-13(17)15(14)18/h4,7-8,12H,2-3,5-6,9-11H2,1H3,(H2,19,20,22). The van der Waals surface area contributed by atoms with Crippen LogP contribution in [0.1, 0.15) is 32.6 Å². The van der Waals surface area contributed by atoms with Crippen molar-refractivity contribution in [2.45, 2.75) is 38.6 Å². The van der Waals surface area contributed by atoms with Crippen molar-refractivity contribution in [2.24, 2.45) is 0 Å². The highest BCUT2D eigenvalue weighted by molar-refractivity contribution is 6.43. The van der Waals surface area contributed by atoms with Crippen molar-refractivity contribution in [2.75, 3.05) is 25.0 Å². The molecule has 0 aliphatic carbocycles.